The van der Waals surface area contributed by atoms with Gasteiger partial charge in [0.2, 0.25) is 0 Å². The summed E-state index contributed by atoms with van der Waals surface area (Å²) in [5.41, 5.74) is 7.53. The van der Waals surface area contributed by atoms with Crippen molar-refractivity contribution < 1.29 is 16.8 Å². The van der Waals surface area contributed by atoms with Gasteiger partial charge >= 0.3 is 0 Å². The van der Waals surface area contributed by atoms with Crippen molar-refractivity contribution >= 4 is 17.1 Å². The largest absolute Gasteiger partial charge is 0.362 e. The van der Waals surface area contributed by atoms with Crippen LogP contribution in [0.3, 0.4) is 0 Å². The fraction of sp³-hybridized carbons (Fsp3) is 0.526. The van der Waals surface area contributed by atoms with E-state index in [-0.39, 0.29) is 16.8 Å². The topological polar surface area (TPSA) is 49.1 Å². The maximum Gasteiger partial charge on any atom is 0.0730 e. The minimum atomic E-state index is 0. The third kappa shape index (κ3) is 3.07. The molecule has 2 unspecified atom stereocenters. The zero-order chi connectivity index (χ0) is 15.2. The van der Waals surface area contributed by atoms with Crippen LogP contribution in [0.5, 0.6) is 0 Å². The molecule has 1 saturated heterocycles. The van der Waals surface area contributed by atoms with Crippen molar-refractivity contribution in [1.29, 1.82) is 0 Å². The summed E-state index contributed by atoms with van der Waals surface area (Å²) in [6.07, 6.45) is 15.6. The average molecular weight is 365 g/mol. The van der Waals surface area contributed by atoms with Gasteiger partial charge in [0.05, 0.1) is 12.1 Å². The summed E-state index contributed by atoms with van der Waals surface area (Å²) < 4.78 is 0. The number of nitrogens with zero attached hydrogens (tertiary/aromatic N) is 3. The van der Waals surface area contributed by atoms with Gasteiger partial charge in [-0.1, -0.05) is 0 Å². The Kier molecular flexibility index (Phi) is 4.31. The Bertz CT molecular complexity index is 738. The number of aliphatic imine (C=N–C) groups is 3. The van der Waals surface area contributed by atoms with Gasteiger partial charge in [-0.15, -0.1) is 0 Å². The normalized spacial score (nSPS) is 30.7. The van der Waals surface area contributed by atoms with Crippen LogP contribution >= 0.6 is 0 Å². The van der Waals surface area contributed by atoms with Crippen LogP contribution in [0.25, 0.3) is 0 Å². The van der Waals surface area contributed by atoms with E-state index in [1.54, 1.807) is 0 Å². The zero-order valence-electron chi connectivity index (χ0n) is 13.7. The van der Waals surface area contributed by atoms with E-state index >= 15 is 0 Å². The molecule has 5 aliphatic heterocycles. The van der Waals surface area contributed by atoms with Crippen LogP contribution < -0.4 is 5.32 Å². The second kappa shape index (κ2) is 6.45. The minimum Gasteiger partial charge on any atom is -0.362 e. The first kappa shape index (κ1) is 16.0. The second-order valence-electron chi connectivity index (χ2n) is 7.16. The van der Waals surface area contributed by atoms with Crippen molar-refractivity contribution in [3.05, 3.63) is 35.3 Å². The van der Waals surface area contributed by atoms with Crippen LogP contribution in [0.15, 0.2) is 50.3 Å². The molecule has 0 aromatic carbocycles. The minimum absolute atomic E-state index is 0. The molecule has 5 heteroatoms. The van der Waals surface area contributed by atoms with E-state index in [4.69, 9.17) is 15.0 Å². The average Bonchev–Trinajstić information content (AvgIpc) is 3.28. The molecule has 4 nitrogen and oxygen atoms in total. The van der Waals surface area contributed by atoms with E-state index in [1.807, 2.05) is 0 Å². The molecule has 1 fully saturated rings. The van der Waals surface area contributed by atoms with E-state index in [0.29, 0.717) is 12.1 Å². The number of fused-ring (bicyclic) bond motifs is 6. The van der Waals surface area contributed by atoms with Crippen molar-refractivity contribution in [2.24, 2.45) is 15.0 Å². The molecule has 1 N–H and O–H groups in total. The Labute approximate surface area is 153 Å². The van der Waals surface area contributed by atoms with Crippen LogP contribution in [0.2, 0.25) is 0 Å². The van der Waals surface area contributed by atoms with E-state index < -0.39 is 0 Å². The zero-order valence-corrected chi connectivity index (χ0v) is 14.8. The first-order chi connectivity index (χ1) is 11.3. The van der Waals surface area contributed by atoms with Crippen LogP contribution in [0, 0.1) is 0 Å². The first-order valence-corrected chi connectivity index (χ1v) is 8.91. The monoisotopic (exact) mass is 365 g/mol. The number of hydrogen-bond donors (Lipinski definition) is 1. The van der Waals surface area contributed by atoms with Crippen molar-refractivity contribution in [3.63, 3.8) is 0 Å². The van der Waals surface area contributed by atoms with Gasteiger partial charge in [0.1, 0.15) is 0 Å². The molecule has 24 heavy (non-hydrogen) atoms. The van der Waals surface area contributed by atoms with Crippen molar-refractivity contribution in [2.75, 3.05) is 0 Å². The fourth-order valence-corrected chi connectivity index (χ4v) is 4.22. The van der Waals surface area contributed by atoms with Gasteiger partial charge in [-0.05, 0) is 69.6 Å². The Hall–Kier alpha value is -1.46. The second-order valence-corrected chi connectivity index (χ2v) is 7.16. The summed E-state index contributed by atoms with van der Waals surface area (Å²) in [7, 11) is 0. The van der Waals surface area contributed by atoms with E-state index in [9.17, 15) is 0 Å². The van der Waals surface area contributed by atoms with Gasteiger partial charge in [-0.3, -0.25) is 15.0 Å². The Balaban J connectivity index is 0.00000146. The molecule has 0 amide bonds. The number of nitrogens with one attached hydrogen (secondary N) is 1. The fourth-order valence-electron chi connectivity index (χ4n) is 4.22. The maximum atomic E-state index is 4.97. The van der Waals surface area contributed by atoms with E-state index in [1.165, 1.54) is 34.2 Å². The predicted molar refractivity (Wildman–Crippen MR) is 94.2 cm³/mol. The quantitative estimate of drug-likeness (QED) is 0.702. The van der Waals surface area contributed by atoms with Gasteiger partial charge in [-0.2, -0.15) is 0 Å². The molecule has 5 heterocycles. The summed E-state index contributed by atoms with van der Waals surface area (Å²) >= 11 is 0. The van der Waals surface area contributed by atoms with Gasteiger partial charge in [0.25, 0.3) is 0 Å². The maximum absolute atomic E-state index is 4.97. The van der Waals surface area contributed by atoms with Crippen molar-refractivity contribution in [3.8, 4) is 0 Å². The molecule has 0 saturated carbocycles. The summed E-state index contributed by atoms with van der Waals surface area (Å²) in [4.78, 5) is 14.7. The number of hydrogen-bond acceptors (Lipinski definition) is 4. The SMILES string of the molecule is C1=C2CCC(=N2)C=C2CCC(=CC3=NC(CC3)C3CCC1=N3)N2.[Co]. The van der Waals surface area contributed by atoms with Crippen LogP contribution in [0.4, 0.5) is 0 Å². The molecule has 0 aliphatic carbocycles. The summed E-state index contributed by atoms with van der Waals surface area (Å²) in [5.74, 6) is 0. The van der Waals surface area contributed by atoms with Gasteiger partial charge in [0.15, 0.2) is 0 Å². The van der Waals surface area contributed by atoms with Gasteiger partial charge < -0.3 is 5.32 Å². The predicted octanol–water partition coefficient (Wildman–Crippen LogP) is 3.47. The molecule has 5 rings (SSSR count). The third-order valence-electron chi connectivity index (χ3n) is 5.42. The molecular formula is C19H22CoN4. The Morgan fingerprint density at radius 1 is 0.708 bits per heavy atom. The van der Waals surface area contributed by atoms with E-state index in [0.717, 1.165) is 51.4 Å². The molecule has 0 spiro atoms. The summed E-state index contributed by atoms with van der Waals surface area (Å²) in [6, 6.07) is 0.778. The number of rotatable bonds is 0. The molecular weight excluding hydrogens is 343 g/mol. The van der Waals surface area contributed by atoms with E-state index in [2.05, 4.69) is 23.5 Å². The molecule has 127 valence electrons. The standard InChI is InChI=1S/C19H22N4.Co/c1-3-14-10-16-5-7-18(22-16)19-8-6-17(23-19)11-15-4-2-13(21-15)9-12(1)20-14;/h9-11,18-20H,1-8H2;. The van der Waals surface area contributed by atoms with Crippen LogP contribution in [0.1, 0.15) is 51.4 Å². The Morgan fingerprint density at radius 2 is 1.33 bits per heavy atom. The smallest absolute Gasteiger partial charge is 0.0730 e. The molecule has 8 bridgehead atoms. The third-order valence-corrected chi connectivity index (χ3v) is 5.42. The van der Waals surface area contributed by atoms with Crippen molar-refractivity contribution in [2.45, 2.75) is 63.5 Å². The van der Waals surface area contributed by atoms with Gasteiger partial charge in [-0.25, -0.2) is 0 Å². The van der Waals surface area contributed by atoms with Gasteiger partial charge in [0, 0.05) is 51.0 Å². The van der Waals surface area contributed by atoms with Crippen LogP contribution in [-0.4, -0.2) is 29.2 Å². The molecule has 1 radical (unpaired) electrons. The number of allylic oxidation sites excluding steroid dienone is 6. The molecule has 2 atom stereocenters. The summed E-state index contributed by atoms with van der Waals surface area (Å²) in [5, 5.41) is 3.57. The first-order valence-electron chi connectivity index (χ1n) is 8.91. The van der Waals surface area contributed by atoms with Crippen LogP contribution in [-0.2, 0) is 16.8 Å². The van der Waals surface area contributed by atoms with Crippen molar-refractivity contribution in [1.82, 2.24) is 5.32 Å². The molecule has 0 aromatic heterocycles. The molecule has 5 aliphatic rings. The Morgan fingerprint density at radius 3 is 2.04 bits per heavy atom. The summed E-state index contributed by atoms with van der Waals surface area (Å²) in [6.45, 7) is 0. The molecule has 0 aromatic rings.